The van der Waals surface area contributed by atoms with Crippen molar-refractivity contribution in [1.29, 1.82) is 0 Å². The summed E-state index contributed by atoms with van der Waals surface area (Å²) in [5, 5.41) is 0. The molecular formula is C15H16FN. The smallest absolute Gasteiger partial charge is 0.220 e. The third kappa shape index (κ3) is 2.52. The Kier molecular flexibility index (Phi) is 2.97. The molecule has 2 heteroatoms. The molecule has 1 nitrogen and oxygen atoms in total. The van der Waals surface area contributed by atoms with E-state index in [1.54, 1.807) is 6.20 Å². The molecule has 0 saturated heterocycles. The first kappa shape index (κ1) is 11.8. The second-order valence-electron chi connectivity index (χ2n) is 5.18. The van der Waals surface area contributed by atoms with Crippen LogP contribution in [0.25, 0.3) is 11.1 Å². The van der Waals surface area contributed by atoms with E-state index in [4.69, 9.17) is 0 Å². The van der Waals surface area contributed by atoms with E-state index in [0.29, 0.717) is 5.56 Å². The van der Waals surface area contributed by atoms with Gasteiger partial charge in [-0.1, -0.05) is 51.1 Å². The van der Waals surface area contributed by atoms with Gasteiger partial charge in [-0.15, -0.1) is 0 Å². The number of halogens is 1. The van der Waals surface area contributed by atoms with Crippen LogP contribution in [0.5, 0.6) is 0 Å². The van der Waals surface area contributed by atoms with Crippen LogP contribution in [-0.4, -0.2) is 4.98 Å². The van der Waals surface area contributed by atoms with Gasteiger partial charge in [-0.3, -0.25) is 0 Å². The van der Waals surface area contributed by atoms with Crippen molar-refractivity contribution in [2.75, 3.05) is 0 Å². The van der Waals surface area contributed by atoms with Crippen molar-refractivity contribution in [3.8, 4) is 11.1 Å². The largest absolute Gasteiger partial charge is 0.227 e. The number of hydrogen-bond donors (Lipinski definition) is 0. The molecule has 0 saturated carbocycles. The van der Waals surface area contributed by atoms with Crippen molar-refractivity contribution >= 4 is 0 Å². The van der Waals surface area contributed by atoms with E-state index in [2.05, 4.69) is 25.8 Å². The minimum atomic E-state index is -0.413. The van der Waals surface area contributed by atoms with E-state index >= 15 is 0 Å². The van der Waals surface area contributed by atoms with E-state index in [0.717, 1.165) is 11.1 Å². The van der Waals surface area contributed by atoms with E-state index in [1.165, 1.54) is 0 Å². The summed E-state index contributed by atoms with van der Waals surface area (Å²) in [4.78, 5) is 3.86. The molecule has 0 N–H and O–H groups in total. The first-order chi connectivity index (χ1) is 7.98. The van der Waals surface area contributed by atoms with Gasteiger partial charge in [0.25, 0.3) is 0 Å². The van der Waals surface area contributed by atoms with Crippen molar-refractivity contribution in [3.05, 3.63) is 54.1 Å². The molecule has 0 amide bonds. The summed E-state index contributed by atoms with van der Waals surface area (Å²) >= 11 is 0. The molecule has 1 aromatic heterocycles. The molecule has 0 aliphatic rings. The summed E-state index contributed by atoms with van der Waals surface area (Å²) in [6, 6.07) is 11.4. The first-order valence-electron chi connectivity index (χ1n) is 5.70. The Morgan fingerprint density at radius 3 is 2.29 bits per heavy atom. The Morgan fingerprint density at radius 1 is 1.06 bits per heavy atom. The van der Waals surface area contributed by atoms with E-state index in [9.17, 15) is 4.39 Å². The van der Waals surface area contributed by atoms with Gasteiger partial charge in [0.2, 0.25) is 5.95 Å². The van der Waals surface area contributed by atoms with Gasteiger partial charge in [-0.05, 0) is 22.6 Å². The Hall–Kier alpha value is -1.70. The van der Waals surface area contributed by atoms with Gasteiger partial charge >= 0.3 is 0 Å². The van der Waals surface area contributed by atoms with Crippen LogP contribution in [0.4, 0.5) is 4.39 Å². The third-order valence-corrected chi connectivity index (χ3v) is 2.79. The van der Waals surface area contributed by atoms with Crippen LogP contribution in [0.15, 0.2) is 42.6 Å². The quantitative estimate of drug-likeness (QED) is 0.668. The van der Waals surface area contributed by atoms with Gasteiger partial charge in [0.05, 0.1) is 0 Å². The summed E-state index contributed by atoms with van der Waals surface area (Å²) in [5.74, 6) is -0.413. The molecule has 2 rings (SSSR count). The fourth-order valence-corrected chi connectivity index (χ4v) is 1.68. The highest BCUT2D eigenvalue weighted by Gasteiger charge is 2.17. The van der Waals surface area contributed by atoms with Crippen LogP contribution >= 0.6 is 0 Å². The van der Waals surface area contributed by atoms with Crippen molar-refractivity contribution in [3.63, 3.8) is 0 Å². The molecule has 88 valence electrons. The van der Waals surface area contributed by atoms with Gasteiger partial charge < -0.3 is 0 Å². The maximum Gasteiger partial charge on any atom is 0.220 e. The number of nitrogens with zero attached hydrogens (tertiary/aromatic N) is 1. The molecule has 0 spiro atoms. The van der Waals surface area contributed by atoms with E-state index in [-0.39, 0.29) is 5.41 Å². The number of pyridine rings is 1. The minimum absolute atomic E-state index is 0.0236. The zero-order valence-corrected chi connectivity index (χ0v) is 10.4. The predicted molar refractivity (Wildman–Crippen MR) is 68.3 cm³/mol. The van der Waals surface area contributed by atoms with Crippen molar-refractivity contribution < 1.29 is 4.39 Å². The zero-order valence-electron chi connectivity index (χ0n) is 10.4. The predicted octanol–water partition coefficient (Wildman–Crippen LogP) is 4.19. The fraction of sp³-hybridized carbons (Fsp3) is 0.267. The monoisotopic (exact) mass is 229 g/mol. The highest BCUT2D eigenvalue weighted by Crippen LogP contribution is 2.28. The lowest BCUT2D eigenvalue weighted by molar-refractivity contribution is 0.562. The lowest BCUT2D eigenvalue weighted by Crippen LogP contribution is -2.12. The Balaban J connectivity index is 2.55. The summed E-state index contributed by atoms with van der Waals surface area (Å²) in [6.07, 6.45) is 1.61. The van der Waals surface area contributed by atoms with E-state index in [1.807, 2.05) is 36.4 Å². The summed E-state index contributed by atoms with van der Waals surface area (Å²) in [5.41, 5.74) is 2.45. The SMILES string of the molecule is CC(C)(C)c1cnc(F)c(-c2ccccc2)c1. The maximum absolute atomic E-state index is 13.7. The lowest BCUT2D eigenvalue weighted by atomic mass is 9.87. The van der Waals surface area contributed by atoms with Crippen LogP contribution in [0.1, 0.15) is 26.3 Å². The zero-order chi connectivity index (χ0) is 12.5. The molecule has 0 atom stereocenters. The number of hydrogen-bond acceptors (Lipinski definition) is 1. The Bertz CT molecular complexity index is 512. The minimum Gasteiger partial charge on any atom is -0.227 e. The number of aromatic nitrogens is 1. The number of benzene rings is 1. The molecule has 0 bridgehead atoms. The number of rotatable bonds is 1. The molecule has 1 heterocycles. The normalized spacial score (nSPS) is 11.5. The molecular weight excluding hydrogens is 213 g/mol. The highest BCUT2D eigenvalue weighted by atomic mass is 19.1. The Morgan fingerprint density at radius 2 is 1.71 bits per heavy atom. The summed E-state index contributed by atoms with van der Waals surface area (Å²) in [7, 11) is 0. The lowest BCUT2D eigenvalue weighted by Gasteiger charge is -2.19. The van der Waals surface area contributed by atoms with Crippen LogP contribution in [0, 0.1) is 5.95 Å². The molecule has 0 aliphatic heterocycles. The van der Waals surface area contributed by atoms with Crippen molar-refractivity contribution in [1.82, 2.24) is 4.98 Å². The average molecular weight is 229 g/mol. The first-order valence-corrected chi connectivity index (χ1v) is 5.70. The molecule has 2 aromatic rings. The van der Waals surface area contributed by atoms with Crippen LogP contribution in [-0.2, 0) is 5.41 Å². The molecule has 0 aliphatic carbocycles. The molecule has 1 aromatic carbocycles. The molecule has 0 fully saturated rings. The van der Waals surface area contributed by atoms with Crippen molar-refractivity contribution in [2.45, 2.75) is 26.2 Å². The highest BCUT2D eigenvalue weighted by molar-refractivity contribution is 5.63. The topological polar surface area (TPSA) is 12.9 Å². The van der Waals surface area contributed by atoms with Crippen molar-refractivity contribution in [2.24, 2.45) is 0 Å². The molecule has 17 heavy (non-hydrogen) atoms. The standard InChI is InChI=1S/C15H16FN/c1-15(2,3)12-9-13(14(16)17-10-12)11-7-5-4-6-8-11/h4-10H,1-3H3. The molecule has 0 unspecified atom stereocenters. The van der Waals surface area contributed by atoms with Gasteiger partial charge in [-0.25, -0.2) is 4.98 Å². The Labute approximate surface area is 101 Å². The van der Waals surface area contributed by atoms with E-state index < -0.39 is 5.95 Å². The van der Waals surface area contributed by atoms with Crippen LogP contribution in [0.2, 0.25) is 0 Å². The third-order valence-electron chi connectivity index (χ3n) is 2.79. The second kappa shape index (κ2) is 4.28. The van der Waals surface area contributed by atoms with Crippen LogP contribution in [0.3, 0.4) is 0 Å². The van der Waals surface area contributed by atoms with Gasteiger partial charge in [0, 0.05) is 11.8 Å². The second-order valence-corrected chi connectivity index (χ2v) is 5.18. The molecule has 0 radical (unpaired) electrons. The van der Waals surface area contributed by atoms with Gasteiger partial charge in [0.15, 0.2) is 0 Å². The summed E-state index contributed by atoms with van der Waals surface area (Å²) < 4.78 is 13.7. The summed E-state index contributed by atoms with van der Waals surface area (Å²) in [6.45, 7) is 6.28. The van der Waals surface area contributed by atoms with Gasteiger partial charge in [-0.2, -0.15) is 4.39 Å². The average Bonchev–Trinajstić information content (AvgIpc) is 2.29. The fourth-order valence-electron chi connectivity index (χ4n) is 1.68. The van der Waals surface area contributed by atoms with Gasteiger partial charge in [0.1, 0.15) is 0 Å². The van der Waals surface area contributed by atoms with Crippen LogP contribution < -0.4 is 0 Å². The maximum atomic E-state index is 13.7.